The van der Waals surface area contributed by atoms with Gasteiger partial charge in [0.25, 0.3) is 5.91 Å². The molecule has 2 amide bonds. The Bertz CT molecular complexity index is 970. The van der Waals surface area contributed by atoms with Gasteiger partial charge in [-0.1, -0.05) is 30.3 Å². The van der Waals surface area contributed by atoms with Crippen LogP contribution in [0.4, 0.5) is 11.4 Å². The molecule has 0 saturated heterocycles. The second-order valence-electron chi connectivity index (χ2n) is 5.84. The van der Waals surface area contributed by atoms with E-state index in [9.17, 15) is 14.4 Å². The van der Waals surface area contributed by atoms with Gasteiger partial charge in [0.05, 0.1) is 23.4 Å². The number of benzene rings is 2. The maximum atomic E-state index is 12.2. The number of anilines is 2. The zero-order chi connectivity index (χ0) is 19.8. The summed E-state index contributed by atoms with van der Waals surface area (Å²) in [5.41, 5.74) is 1.35. The summed E-state index contributed by atoms with van der Waals surface area (Å²) in [6, 6.07) is 17.4. The molecule has 0 aliphatic carbocycles. The van der Waals surface area contributed by atoms with Crippen LogP contribution in [0.3, 0.4) is 0 Å². The molecule has 1 aromatic heterocycles. The number of thiophene rings is 1. The zero-order valence-corrected chi connectivity index (χ0v) is 15.7. The summed E-state index contributed by atoms with van der Waals surface area (Å²) in [5, 5.41) is 7.45. The Kier molecular flexibility index (Phi) is 6.54. The molecule has 0 fully saturated rings. The number of aldehydes is 1. The molecule has 0 unspecified atom stereocenters. The maximum absolute atomic E-state index is 12.2. The molecule has 28 heavy (non-hydrogen) atoms. The van der Waals surface area contributed by atoms with Gasteiger partial charge in [-0.05, 0) is 35.7 Å². The second-order valence-corrected chi connectivity index (χ2v) is 6.87. The van der Waals surface area contributed by atoms with E-state index in [1.54, 1.807) is 48.5 Å². The van der Waals surface area contributed by atoms with Gasteiger partial charge in [-0.25, -0.2) is 0 Å². The summed E-state index contributed by atoms with van der Waals surface area (Å²) in [4.78, 5) is 36.4. The van der Waals surface area contributed by atoms with E-state index in [0.717, 1.165) is 4.88 Å². The lowest BCUT2D eigenvalue weighted by atomic mass is 10.2. The number of ether oxygens (including phenoxy) is 1. The van der Waals surface area contributed by atoms with E-state index in [1.807, 2.05) is 17.5 Å². The molecule has 0 aliphatic heterocycles. The number of para-hydroxylation sites is 3. The van der Waals surface area contributed by atoms with Crippen LogP contribution in [0.2, 0.25) is 0 Å². The van der Waals surface area contributed by atoms with Crippen LogP contribution in [0.1, 0.15) is 15.2 Å². The smallest absolute Gasteiger partial charge is 0.262 e. The number of rotatable bonds is 8. The molecule has 1 heterocycles. The van der Waals surface area contributed by atoms with E-state index in [0.29, 0.717) is 29.0 Å². The fraction of sp³-hybridized carbons (Fsp3) is 0.0952. The normalized spacial score (nSPS) is 10.1. The Morgan fingerprint density at radius 3 is 2.25 bits per heavy atom. The van der Waals surface area contributed by atoms with Gasteiger partial charge in [-0.15, -0.1) is 11.3 Å². The highest BCUT2D eigenvalue weighted by atomic mass is 32.1. The minimum atomic E-state index is -0.402. The van der Waals surface area contributed by atoms with Gasteiger partial charge < -0.3 is 15.4 Å². The average molecular weight is 394 g/mol. The van der Waals surface area contributed by atoms with Crippen molar-refractivity contribution in [3.05, 3.63) is 76.5 Å². The third-order valence-corrected chi connectivity index (χ3v) is 4.67. The molecule has 7 heteroatoms. The fourth-order valence-electron chi connectivity index (χ4n) is 2.51. The van der Waals surface area contributed by atoms with Crippen LogP contribution in [0.15, 0.2) is 66.0 Å². The number of amides is 2. The van der Waals surface area contributed by atoms with Crippen molar-refractivity contribution in [2.45, 2.75) is 6.42 Å². The SMILES string of the molecule is O=Cc1ccccc1OCC(=O)Nc1ccccc1NC(=O)Cc1cccs1. The molecular formula is C21H18N2O4S. The average Bonchev–Trinajstić information content (AvgIpc) is 3.21. The van der Waals surface area contributed by atoms with Crippen molar-refractivity contribution in [2.24, 2.45) is 0 Å². The zero-order valence-electron chi connectivity index (χ0n) is 14.9. The summed E-state index contributed by atoms with van der Waals surface area (Å²) < 4.78 is 5.42. The van der Waals surface area contributed by atoms with Crippen molar-refractivity contribution in [2.75, 3.05) is 17.2 Å². The third-order valence-electron chi connectivity index (χ3n) is 3.79. The maximum Gasteiger partial charge on any atom is 0.262 e. The van der Waals surface area contributed by atoms with Crippen LogP contribution in [0.25, 0.3) is 0 Å². The van der Waals surface area contributed by atoms with E-state index in [2.05, 4.69) is 10.6 Å². The molecule has 0 bridgehead atoms. The Balaban J connectivity index is 1.60. The van der Waals surface area contributed by atoms with Crippen molar-refractivity contribution in [1.82, 2.24) is 0 Å². The highest BCUT2D eigenvalue weighted by molar-refractivity contribution is 7.10. The molecule has 0 spiro atoms. The fourth-order valence-corrected chi connectivity index (χ4v) is 3.21. The van der Waals surface area contributed by atoms with Crippen LogP contribution in [-0.2, 0) is 16.0 Å². The number of nitrogens with one attached hydrogen (secondary N) is 2. The minimum absolute atomic E-state index is 0.166. The van der Waals surface area contributed by atoms with Gasteiger partial charge in [0, 0.05) is 4.88 Å². The molecule has 6 nitrogen and oxygen atoms in total. The number of carbonyl (C=O) groups excluding carboxylic acids is 3. The van der Waals surface area contributed by atoms with E-state index in [1.165, 1.54) is 11.3 Å². The molecule has 0 radical (unpaired) electrons. The third kappa shape index (κ3) is 5.28. The Hall–Kier alpha value is -3.45. The first-order chi connectivity index (χ1) is 13.7. The summed E-state index contributed by atoms with van der Waals surface area (Å²) in [7, 11) is 0. The molecule has 3 aromatic rings. The Morgan fingerprint density at radius 1 is 0.893 bits per heavy atom. The molecular weight excluding hydrogens is 376 g/mol. The van der Waals surface area contributed by atoms with E-state index >= 15 is 0 Å². The number of hydrogen-bond donors (Lipinski definition) is 2. The lowest BCUT2D eigenvalue weighted by Gasteiger charge is -2.13. The first-order valence-electron chi connectivity index (χ1n) is 8.54. The molecule has 3 rings (SSSR count). The molecule has 0 aliphatic rings. The summed E-state index contributed by atoms with van der Waals surface area (Å²) in [6.45, 7) is -0.262. The predicted molar refractivity (Wildman–Crippen MR) is 109 cm³/mol. The molecule has 0 atom stereocenters. The van der Waals surface area contributed by atoms with Crippen molar-refractivity contribution >= 4 is 40.8 Å². The topological polar surface area (TPSA) is 84.5 Å². The Morgan fingerprint density at radius 2 is 1.57 bits per heavy atom. The van der Waals surface area contributed by atoms with Gasteiger partial charge in [-0.3, -0.25) is 14.4 Å². The predicted octanol–water partition coefficient (Wildman–Crippen LogP) is 3.76. The monoisotopic (exact) mass is 394 g/mol. The van der Waals surface area contributed by atoms with Gasteiger partial charge in [0.15, 0.2) is 12.9 Å². The van der Waals surface area contributed by atoms with Gasteiger partial charge in [0.1, 0.15) is 5.75 Å². The van der Waals surface area contributed by atoms with Crippen LogP contribution in [0, 0.1) is 0 Å². The van der Waals surface area contributed by atoms with Crippen molar-refractivity contribution in [3.63, 3.8) is 0 Å². The van der Waals surface area contributed by atoms with E-state index in [-0.39, 0.29) is 18.9 Å². The van der Waals surface area contributed by atoms with Gasteiger partial charge >= 0.3 is 0 Å². The van der Waals surface area contributed by atoms with E-state index < -0.39 is 5.91 Å². The van der Waals surface area contributed by atoms with Crippen LogP contribution in [0.5, 0.6) is 5.75 Å². The largest absolute Gasteiger partial charge is 0.483 e. The van der Waals surface area contributed by atoms with Crippen molar-refractivity contribution in [1.29, 1.82) is 0 Å². The summed E-state index contributed by atoms with van der Waals surface area (Å²) in [5.74, 6) is -0.230. The summed E-state index contributed by atoms with van der Waals surface area (Å²) >= 11 is 1.51. The van der Waals surface area contributed by atoms with Crippen LogP contribution < -0.4 is 15.4 Å². The number of hydrogen-bond acceptors (Lipinski definition) is 5. The van der Waals surface area contributed by atoms with Crippen molar-refractivity contribution < 1.29 is 19.1 Å². The summed E-state index contributed by atoms with van der Waals surface area (Å²) in [6.07, 6.45) is 0.942. The molecule has 2 N–H and O–H groups in total. The van der Waals surface area contributed by atoms with Gasteiger partial charge in [0.2, 0.25) is 5.91 Å². The lowest BCUT2D eigenvalue weighted by Crippen LogP contribution is -2.22. The molecule has 2 aromatic carbocycles. The quantitative estimate of drug-likeness (QED) is 0.570. The molecule has 0 saturated carbocycles. The number of carbonyl (C=O) groups is 3. The minimum Gasteiger partial charge on any atom is -0.483 e. The van der Waals surface area contributed by atoms with Crippen molar-refractivity contribution in [3.8, 4) is 5.75 Å². The van der Waals surface area contributed by atoms with Gasteiger partial charge in [-0.2, -0.15) is 0 Å². The standard InChI is InChI=1S/C21H18N2O4S/c24-13-15-6-1-4-10-19(15)27-14-21(26)23-18-9-3-2-8-17(18)22-20(25)12-16-7-5-11-28-16/h1-11,13H,12,14H2,(H,22,25)(H,23,26). The highest BCUT2D eigenvalue weighted by Crippen LogP contribution is 2.22. The van der Waals surface area contributed by atoms with Crippen LogP contribution >= 0.6 is 11.3 Å². The molecule has 142 valence electrons. The second kappa shape index (κ2) is 9.48. The lowest BCUT2D eigenvalue weighted by molar-refractivity contribution is -0.118. The van der Waals surface area contributed by atoms with Crippen LogP contribution in [-0.4, -0.2) is 24.7 Å². The first kappa shape index (κ1) is 19.3. The first-order valence-corrected chi connectivity index (χ1v) is 9.42. The van der Waals surface area contributed by atoms with E-state index in [4.69, 9.17) is 4.74 Å². The Labute approximate surface area is 166 Å². The highest BCUT2D eigenvalue weighted by Gasteiger charge is 2.11.